The van der Waals surface area contributed by atoms with Crippen LogP contribution in [0.25, 0.3) is 0 Å². The van der Waals surface area contributed by atoms with Gasteiger partial charge in [0, 0.05) is 224 Å². The van der Waals surface area contributed by atoms with Gasteiger partial charge in [-0.25, -0.2) is 33.7 Å². The Kier molecular flexibility index (Phi) is 210. The van der Waals surface area contributed by atoms with E-state index in [4.69, 9.17) is 76.3 Å². The van der Waals surface area contributed by atoms with Crippen molar-refractivity contribution >= 4 is 182 Å². The second-order valence-electron chi connectivity index (χ2n) is 18.3. The Bertz CT molecular complexity index is 2930. The molecule has 4 aromatic rings. The molecule has 0 unspecified atom stereocenters. The fourth-order valence-electron chi connectivity index (χ4n) is 6.08. The molecule has 0 saturated carbocycles. The second-order valence-corrected chi connectivity index (χ2v) is 38.2. The zero-order chi connectivity index (χ0) is 96.0. The van der Waals surface area contributed by atoms with E-state index >= 15 is 0 Å². The number of thioether (sulfide) groups is 12. The van der Waals surface area contributed by atoms with E-state index in [9.17, 15) is 62.1 Å². The Morgan fingerprint density at radius 3 is 0.434 bits per heavy atom. The number of aliphatic hydroxyl groups excluding tert-OH is 6. The van der Waals surface area contributed by atoms with Crippen LogP contribution in [0.1, 0.15) is 35.1 Å². The minimum absolute atomic E-state index is 0. The fraction of sp³-hybridized carbons (Fsp3) is 0.500. The molecule has 0 atom stereocenters. The Hall–Kier alpha value is -0.0426. The van der Waals surface area contributed by atoms with Gasteiger partial charge in [0.2, 0.25) is 0 Å². The molecule has 2 aliphatic rings. The summed E-state index contributed by atoms with van der Waals surface area (Å²) in [7, 11) is -13.1. The third kappa shape index (κ3) is 146. The first-order valence-electron chi connectivity index (χ1n) is 31.4. The summed E-state index contributed by atoms with van der Waals surface area (Å²) in [6.07, 6.45) is 2.50. The van der Waals surface area contributed by atoms with E-state index in [0.29, 0.717) is 0 Å². The van der Waals surface area contributed by atoms with E-state index < -0.39 is 40.5 Å². The summed E-state index contributed by atoms with van der Waals surface area (Å²) >= 11 is 24.4. The van der Waals surface area contributed by atoms with E-state index in [1.54, 1.807) is 48.5 Å². The largest absolute Gasteiger partial charge is 0 e. The van der Waals surface area contributed by atoms with Gasteiger partial charge in [-0.2, -0.15) is 141 Å². The van der Waals surface area contributed by atoms with Crippen molar-refractivity contribution in [3.63, 3.8) is 0 Å². The van der Waals surface area contributed by atoms with Crippen molar-refractivity contribution in [1.29, 1.82) is 0 Å². The van der Waals surface area contributed by atoms with Gasteiger partial charge in [-0.05, 0) is 112 Å². The van der Waals surface area contributed by atoms with Crippen LogP contribution in [0.4, 0.5) is 0 Å². The van der Waals surface area contributed by atoms with Gasteiger partial charge in [0.05, 0.1) is 31.8 Å². The molecule has 4 radical (unpaired) electrons. The van der Waals surface area contributed by atoms with Crippen LogP contribution in [-0.2, 0) is 177 Å². The Morgan fingerprint density at radius 1 is 0.230 bits per heavy atom. The van der Waals surface area contributed by atoms with Gasteiger partial charge in [-0.15, -0.1) is 0 Å². The van der Waals surface area contributed by atoms with Crippen LogP contribution < -0.4 is 0 Å². The predicted octanol–water partition coefficient (Wildman–Crippen LogP) is 9.87. The van der Waals surface area contributed by atoms with Crippen molar-refractivity contribution in [3.8, 4) is 0 Å². The van der Waals surface area contributed by atoms with E-state index in [-0.39, 0.29) is 112 Å². The monoisotopic (exact) mass is 2340 g/mol. The SMILES string of the molecule is CO.CO.CO.CO.Cc1ccc(S(=O)(=O)[O-])cc1.Cc1ccc(S(=O)(=O)[O-])cc1.Cc1ccc(S(=O)(=O)[O-])cc1.Cc1ccc(S(=O)(=O)[O-])cc1.OC1CSCCSCCSCCCSCCSCCSC1.OC1CSCCSCCSCCCSCCSCCSC1.[C-]#[O+].[C-]#[O+].[C-]#[O+].[C-]#[O+].[C-]#[O+].[C-]#[O+].[C-]#[O+].[C-]#[O+].[C-]#[O+].[C-]#[O+].[C-]#[O+].[C-]#[O+].[Tc].[Tc].[Tc].[Tc]. The molecule has 0 aromatic heterocycles. The summed E-state index contributed by atoms with van der Waals surface area (Å²) in [4.78, 5) is -0.711. The summed E-state index contributed by atoms with van der Waals surface area (Å²) in [6.45, 7) is 61.3. The molecule has 2 fully saturated rings. The van der Waals surface area contributed by atoms with Crippen molar-refractivity contribution < 1.29 is 219 Å². The zero-order valence-electron chi connectivity index (χ0n) is 67.3. The maximum atomic E-state index is 10.4. The van der Waals surface area contributed by atoms with E-state index in [1.807, 2.05) is 74.7 Å². The Labute approximate surface area is 828 Å². The van der Waals surface area contributed by atoms with Crippen molar-refractivity contribution in [1.82, 2.24) is 0 Å². The van der Waals surface area contributed by atoms with Crippen molar-refractivity contribution in [3.05, 3.63) is 199 Å². The van der Waals surface area contributed by atoms with Crippen LogP contribution in [0.2, 0.25) is 0 Å². The van der Waals surface area contributed by atoms with E-state index in [1.165, 1.54) is 176 Å². The van der Waals surface area contributed by atoms with Crippen molar-refractivity contribution in [2.45, 2.75) is 72.3 Å². The number of hydrogen-bond donors (Lipinski definition) is 6. The maximum Gasteiger partial charge on any atom is 0 e. The van der Waals surface area contributed by atoms with Crippen molar-refractivity contribution in [2.24, 2.45) is 0 Å². The molecule has 30 nitrogen and oxygen atoms in total. The average Bonchev–Trinajstić information content (AvgIpc) is 0.890. The third-order valence-electron chi connectivity index (χ3n) is 10.6. The Morgan fingerprint density at radius 2 is 0.328 bits per heavy atom. The van der Waals surface area contributed by atoms with E-state index in [2.05, 4.69) is 174 Å². The minimum atomic E-state index is -4.27. The number of hydrogen-bond acceptors (Lipinski definition) is 30. The molecule has 696 valence electrons. The molecule has 2 saturated heterocycles. The normalized spacial score (nSPS) is 12.9. The number of aliphatic hydroxyl groups is 6. The van der Waals surface area contributed by atoms with Crippen LogP contribution >= 0.6 is 141 Å². The topological polar surface area (TPSA) is 589 Å². The minimum Gasteiger partial charge on any atom is 0 e. The quantitative estimate of drug-likeness (QED) is 0.0628. The van der Waals surface area contributed by atoms with Gasteiger partial charge in [-0.1, -0.05) is 70.8 Å². The fourth-order valence-corrected chi connectivity index (χ4v) is 21.4. The van der Waals surface area contributed by atoms with Crippen LogP contribution in [0, 0.1) is 107 Å². The van der Waals surface area contributed by atoms with Crippen LogP contribution in [0.5, 0.6) is 0 Å². The van der Waals surface area contributed by atoms with Gasteiger partial charge in [0.1, 0.15) is 40.5 Å². The van der Waals surface area contributed by atoms with Gasteiger partial charge in [0.15, 0.2) is 0 Å². The molecule has 0 aliphatic carbocycles. The average molecular weight is 2350 g/mol. The molecular formula is C72H100O30S16Tc4-4. The summed E-state index contributed by atoms with van der Waals surface area (Å²) in [5.41, 5.74) is 3.71. The second kappa shape index (κ2) is 149. The smallest absolute Gasteiger partial charge is 0 e. The molecule has 50 heteroatoms. The predicted molar refractivity (Wildman–Crippen MR) is 465 cm³/mol. The molecule has 0 spiro atoms. The molecular weight excluding hydrogens is 2250 g/mol. The summed E-state index contributed by atoms with van der Waals surface area (Å²) in [6, 6.07) is 23.1. The summed E-state index contributed by atoms with van der Waals surface area (Å²) in [5.74, 6) is 29.0. The first-order valence-corrected chi connectivity index (χ1v) is 50.9. The number of benzene rings is 4. The van der Waals surface area contributed by atoms with Gasteiger partial charge in [0.25, 0.3) is 0 Å². The standard InChI is InChI=1S/2C14H28OS6.4C7H8O3S.4CH4O.12CO.4Tc/c2*15-14-12-20-10-8-18-6-4-16-2-1-3-17-5-7-19-9-11-21-13-14;4*1-6-2-4-7(5-3-6)11(8,9)10;16*1-2;;;;/h2*14-15H,1-13H2;4*2-5H,1H3,(H,8,9,10);4*2H,1H3;;;;;;;;;;;;;;;;/p-4. The number of rotatable bonds is 4. The van der Waals surface area contributed by atoms with Gasteiger partial charge in [-0.3, -0.25) is 0 Å². The van der Waals surface area contributed by atoms with Crippen molar-refractivity contribution in [2.75, 3.05) is 167 Å². The van der Waals surface area contributed by atoms with Gasteiger partial charge < -0.3 is 48.9 Å². The third-order valence-corrected chi connectivity index (χ3v) is 28.8. The first kappa shape index (κ1) is 172. The molecule has 4 aromatic carbocycles. The molecule has 0 amide bonds. The van der Waals surface area contributed by atoms with Gasteiger partial charge >= 0.3 is 136 Å². The number of aryl methyl sites for hydroxylation is 4. The van der Waals surface area contributed by atoms with Crippen LogP contribution in [-0.4, -0.2) is 261 Å². The van der Waals surface area contributed by atoms with E-state index in [0.717, 1.165) is 73.7 Å². The zero-order valence-corrected chi connectivity index (χ0v) is 87.8. The Balaban J connectivity index is -0.0000000536. The summed E-state index contributed by atoms with van der Waals surface area (Å²) in [5, 5.41) is 47.8. The molecule has 6 N–H and O–H groups in total. The molecule has 122 heavy (non-hydrogen) atoms. The molecule has 0 bridgehead atoms. The molecule has 2 heterocycles. The van der Waals surface area contributed by atoms with Crippen LogP contribution in [0.15, 0.2) is 117 Å². The molecule has 2 aliphatic heterocycles. The molecule has 6 rings (SSSR count). The maximum absolute atomic E-state index is 10.4. The first-order chi connectivity index (χ1) is 56.8. The van der Waals surface area contributed by atoms with Crippen LogP contribution in [0.3, 0.4) is 0 Å². The summed E-state index contributed by atoms with van der Waals surface area (Å²) < 4.78 is 215.